The van der Waals surface area contributed by atoms with Gasteiger partial charge in [0.25, 0.3) is 11.8 Å². The quantitative estimate of drug-likeness (QED) is 0.532. The van der Waals surface area contributed by atoms with Gasteiger partial charge < -0.3 is 15.2 Å². The SMILES string of the molecule is O=C(c1ccccc1)c1cc(Br)ccc1NC(=O)c1nc[nH]c1C(=O)N1CCCCC1. The number of carbonyl (C=O) groups excluding carboxylic acids is 3. The van der Waals surface area contributed by atoms with Crippen molar-refractivity contribution >= 4 is 39.2 Å². The summed E-state index contributed by atoms with van der Waals surface area (Å²) in [5.74, 6) is -1.01. The van der Waals surface area contributed by atoms with Gasteiger partial charge in [0.1, 0.15) is 5.69 Å². The number of ketones is 1. The van der Waals surface area contributed by atoms with E-state index in [0.717, 1.165) is 19.3 Å². The highest BCUT2D eigenvalue weighted by Crippen LogP contribution is 2.25. The highest BCUT2D eigenvalue weighted by atomic mass is 79.9. The number of aromatic amines is 1. The lowest BCUT2D eigenvalue weighted by Gasteiger charge is -2.26. The molecule has 8 heteroatoms. The maximum atomic E-state index is 13.0. The Morgan fingerprint density at radius 2 is 1.74 bits per heavy atom. The summed E-state index contributed by atoms with van der Waals surface area (Å²) in [7, 11) is 0. The Morgan fingerprint density at radius 3 is 2.48 bits per heavy atom. The lowest BCUT2D eigenvalue weighted by Crippen LogP contribution is -2.36. The van der Waals surface area contributed by atoms with E-state index in [-0.39, 0.29) is 23.1 Å². The monoisotopic (exact) mass is 480 g/mol. The van der Waals surface area contributed by atoms with Crippen LogP contribution in [0.3, 0.4) is 0 Å². The molecule has 1 aliphatic rings. The van der Waals surface area contributed by atoms with Crippen LogP contribution in [-0.2, 0) is 0 Å². The minimum absolute atomic E-state index is 0.0107. The van der Waals surface area contributed by atoms with Crippen molar-refractivity contribution in [3.05, 3.63) is 81.8 Å². The number of piperidine rings is 1. The van der Waals surface area contributed by atoms with Gasteiger partial charge in [0.2, 0.25) is 0 Å². The molecule has 0 spiro atoms. The number of carbonyl (C=O) groups is 3. The molecule has 0 aliphatic carbocycles. The number of nitrogens with one attached hydrogen (secondary N) is 2. The number of amides is 2. The van der Waals surface area contributed by atoms with Crippen molar-refractivity contribution in [1.29, 1.82) is 0 Å². The predicted molar refractivity (Wildman–Crippen MR) is 120 cm³/mol. The van der Waals surface area contributed by atoms with E-state index in [1.165, 1.54) is 6.33 Å². The predicted octanol–water partition coefficient (Wildman–Crippen LogP) is 4.28. The molecule has 4 rings (SSSR count). The number of halogens is 1. The number of imidazole rings is 1. The summed E-state index contributed by atoms with van der Waals surface area (Å²) in [6, 6.07) is 13.9. The minimum atomic E-state index is -0.550. The van der Waals surface area contributed by atoms with Crippen molar-refractivity contribution in [3.8, 4) is 0 Å². The van der Waals surface area contributed by atoms with E-state index < -0.39 is 5.91 Å². The molecule has 0 bridgehead atoms. The summed E-state index contributed by atoms with van der Waals surface area (Å²) in [5.41, 5.74) is 1.37. The summed E-state index contributed by atoms with van der Waals surface area (Å²) >= 11 is 3.38. The minimum Gasteiger partial charge on any atom is -0.340 e. The topological polar surface area (TPSA) is 95.2 Å². The Morgan fingerprint density at radius 1 is 1.00 bits per heavy atom. The van der Waals surface area contributed by atoms with Gasteiger partial charge >= 0.3 is 0 Å². The number of nitrogens with zero attached hydrogens (tertiary/aromatic N) is 2. The normalized spacial score (nSPS) is 13.6. The fourth-order valence-electron chi connectivity index (χ4n) is 3.62. The number of H-pyrrole nitrogens is 1. The fraction of sp³-hybridized carbons (Fsp3) is 0.217. The number of anilines is 1. The van der Waals surface area contributed by atoms with Crippen LogP contribution in [0.15, 0.2) is 59.3 Å². The van der Waals surface area contributed by atoms with Crippen molar-refractivity contribution in [2.75, 3.05) is 18.4 Å². The van der Waals surface area contributed by atoms with Crippen LogP contribution in [0.5, 0.6) is 0 Å². The van der Waals surface area contributed by atoms with Gasteiger partial charge in [0.15, 0.2) is 11.5 Å². The number of likely N-dealkylation sites (tertiary alicyclic amines) is 1. The smallest absolute Gasteiger partial charge is 0.276 e. The third-order valence-electron chi connectivity index (χ3n) is 5.22. The van der Waals surface area contributed by atoms with Gasteiger partial charge in [-0.3, -0.25) is 14.4 Å². The Hall–Kier alpha value is -3.26. The Kier molecular flexibility index (Phi) is 6.27. The number of benzene rings is 2. The van der Waals surface area contributed by atoms with Gasteiger partial charge in [-0.2, -0.15) is 0 Å². The second-order valence-corrected chi connectivity index (χ2v) is 8.23. The van der Waals surface area contributed by atoms with E-state index in [2.05, 4.69) is 31.2 Å². The summed E-state index contributed by atoms with van der Waals surface area (Å²) in [4.78, 5) is 47.5. The molecule has 1 aromatic heterocycles. The average molecular weight is 481 g/mol. The maximum Gasteiger partial charge on any atom is 0.276 e. The van der Waals surface area contributed by atoms with E-state index >= 15 is 0 Å². The number of hydrogen-bond donors (Lipinski definition) is 2. The lowest BCUT2D eigenvalue weighted by atomic mass is 10.0. The van der Waals surface area contributed by atoms with Crippen LogP contribution >= 0.6 is 15.9 Å². The maximum absolute atomic E-state index is 13.0. The first-order valence-electron chi connectivity index (χ1n) is 10.1. The van der Waals surface area contributed by atoms with E-state index in [1.54, 1.807) is 47.4 Å². The van der Waals surface area contributed by atoms with E-state index in [4.69, 9.17) is 0 Å². The molecular formula is C23H21BrN4O3. The third kappa shape index (κ3) is 4.59. The van der Waals surface area contributed by atoms with Gasteiger partial charge in [-0.1, -0.05) is 46.3 Å². The number of rotatable bonds is 5. The molecule has 0 saturated carbocycles. The molecule has 1 aliphatic heterocycles. The highest BCUT2D eigenvalue weighted by molar-refractivity contribution is 9.10. The fourth-order valence-corrected chi connectivity index (χ4v) is 3.99. The Labute approximate surface area is 188 Å². The molecule has 7 nitrogen and oxygen atoms in total. The van der Waals surface area contributed by atoms with Crippen LogP contribution in [-0.4, -0.2) is 45.6 Å². The van der Waals surface area contributed by atoms with E-state index in [1.807, 2.05) is 6.07 Å². The second-order valence-electron chi connectivity index (χ2n) is 7.32. The first-order valence-corrected chi connectivity index (χ1v) is 10.9. The van der Waals surface area contributed by atoms with Gasteiger partial charge in [-0.25, -0.2) is 4.98 Å². The van der Waals surface area contributed by atoms with Crippen LogP contribution in [0, 0.1) is 0 Å². The van der Waals surface area contributed by atoms with Gasteiger partial charge in [0.05, 0.1) is 12.0 Å². The molecular weight excluding hydrogens is 460 g/mol. The first kappa shape index (κ1) is 21.0. The first-order chi connectivity index (χ1) is 15.0. The molecule has 2 N–H and O–H groups in total. The molecule has 3 aromatic rings. The summed E-state index contributed by atoms with van der Waals surface area (Å²) < 4.78 is 0.713. The standard InChI is InChI=1S/C23H21BrN4O3/c24-16-9-10-18(17(13-16)21(29)15-7-3-1-4-8-15)27-22(30)19-20(26-14-25-19)23(31)28-11-5-2-6-12-28/h1,3-4,7-10,13-14H,2,5-6,11-12H2,(H,25,26)(H,27,30). The molecule has 0 unspecified atom stereocenters. The molecule has 2 aromatic carbocycles. The van der Waals surface area contributed by atoms with Gasteiger partial charge in [0, 0.05) is 28.7 Å². The highest BCUT2D eigenvalue weighted by Gasteiger charge is 2.26. The van der Waals surface area contributed by atoms with Crippen LogP contribution in [0.1, 0.15) is 56.2 Å². The van der Waals surface area contributed by atoms with Crippen LogP contribution in [0.25, 0.3) is 0 Å². The number of hydrogen-bond acceptors (Lipinski definition) is 4. The van der Waals surface area contributed by atoms with Crippen LogP contribution in [0.4, 0.5) is 5.69 Å². The number of aromatic nitrogens is 2. The zero-order chi connectivity index (χ0) is 21.8. The molecule has 2 heterocycles. The van der Waals surface area contributed by atoms with E-state index in [0.29, 0.717) is 34.4 Å². The third-order valence-corrected chi connectivity index (χ3v) is 5.72. The van der Waals surface area contributed by atoms with Crippen molar-refractivity contribution in [2.24, 2.45) is 0 Å². The Bertz CT molecular complexity index is 1120. The largest absolute Gasteiger partial charge is 0.340 e. The summed E-state index contributed by atoms with van der Waals surface area (Å²) in [6.07, 6.45) is 4.34. The van der Waals surface area contributed by atoms with Gasteiger partial charge in [-0.05, 0) is 37.5 Å². The molecule has 31 heavy (non-hydrogen) atoms. The molecule has 0 radical (unpaired) electrons. The summed E-state index contributed by atoms with van der Waals surface area (Å²) in [5, 5.41) is 2.76. The molecule has 2 amide bonds. The molecule has 0 atom stereocenters. The zero-order valence-electron chi connectivity index (χ0n) is 16.7. The second kappa shape index (κ2) is 9.26. The summed E-state index contributed by atoms with van der Waals surface area (Å²) in [6.45, 7) is 1.34. The average Bonchev–Trinajstić information content (AvgIpc) is 3.30. The Balaban J connectivity index is 1.60. The molecule has 158 valence electrons. The molecule has 1 saturated heterocycles. The van der Waals surface area contributed by atoms with Crippen molar-refractivity contribution in [1.82, 2.24) is 14.9 Å². The lowest BCUT2D eigenvalue weighted by molar-refractivity contribution is 0.0714. The zero-order valence-corrected chi connectivity index (χ0v) is 18.3. The van der Waals surface area contributed by atoms with Crippen molar-refractivity contribution < 1.29 is 14.4 Å². The van der Waals surface area contributed by atoms with Gasteiger partial charge in [-0.15, -0.1) is 0 Å². The van der Waals surface area contributed by atoms with Crippen molar-refractivity contribution in [2.45, 2.75) is 19.3 Å². The van der Waals surface area contributed by atoms with Crippen LogP contribution in [0.2, 0.25) is 0 Å². The molecule has 1 fully saturated rings. The van der Waals surface area contributed by atoms with Crippen LogP contribution < -0.4 is 5.32 Å². The van der Waals surface area contributed by atoms with E-state index in [9.17, 15) is 14.4 Å². The van der Waals surface area contributed by atoms with Crippen molar-refractivity contribution in [3.63, 3.8) is 0 Å².